The summed E-state index contributed by atoms with van der Waals surface area (Å²) in [5.74, 6) is -1.20. The van der Waals surface area contributed by atoms with E-state index in [2.05, 4.69) is 10.2 Å². The van der Waals surface area contributed by atoms with Crippen molar-refractivity contribution in [3.05, 3.63) is 11.6 Å². The number of carbonyl (C=O) groups excluding carboxylic acids is 1. The van der Waals surface area contributed by atoms with Crippen LogP contribution in [0.25, 0.3) is 0 Å². The maximum atomic E-state index is 12.6. The van der Waals surface area contributed by atoms with Gasteiger partial charge in [-0.2, -0.15) is 13.2 Å². The molecule has 0 saturated heterocycles. The first kappa shape index (κ1) is 12.8. The Kier molecular flexibility index (Phi) is 3.01. The van der Waals surface area contributed by atoms with Crippen LogP contribution in [-0.4, -0.2) is 38.2 Å². The van der Waals surface area contributed by atoms with E-state index in [0.717, 1.165) is 4.57 Å². The van der Waals surface area contributed by atoms with E-state index in [0.29, 0.717) is 0 Å². The van der Waals surface area contributed by atoms with E-state index >= 15 is 0 Å². The van der Waals surface area contributed by atoms with Crippen molar-refractivity contribution in [3.63, 3.8) is 0 Å². The van der Waals surface area contributed by atoms with E-state index < -0.39 is 18.0 Å². The lowest BCUT2D eigenvalue weighted by atomic mass is 10.2. The molecule has 100 valence electrons. The first-order valence-electron chi connectivity index (χ1n) is 5.34. The number of rotatable bonds is 1. The van der Waals surface area contributed by atoms with Gasteiger partial charge in [0.2, 0.25) is 11.7 Å². The summed E-state index contributed by atoms with van der Waals surface area (Å²) in [5.41, 5.74) is 5.45. The molecule has 1 aromatic heterocycles. The van der Waals surface area contributed by atoms with Gasteiger partial charge in [0, 0.05) is 13.1 Å². The van der Waals surface area contributed by atoms with Crippen LogP contribution in [0.3, 0.4) is 0 Å². The average Bonchev–Trinajstić information content (AvgIpc) is 2.69. The summed E-state index contributed by atoms with van der Waals surface area (Å²) in [5, 5.41) is 6.60. The fourth-order valence-corrected chi connectivity index (χ4v) is 1.84. The zero-order valence-corrected chi connectivity index (χ0v) is 9.61. The number of hydrogen-bond donors (Lipinski definition) is 1. The van der Waals surface area contributed by atoms with Crippen LogP contribution < -0.4 is 5.73 Å². The van der Waals surface area contributed by atoms with Crippen LogP contribution in [0.2, 0.25) is 0 Å². The van der Waals surface area contributed by atoms with Crippen LogP contribution >= 0.6 is 0 Å². The minimum absolute atomic E-state index is 0.00343. The molecule has 0 radical (unpaired) electrons. The quantitative estimate of drug-likeness (QED) is 0.773. The lowest BCUT2D eigenvalue weighted by Crippen LogP contribution is -2.46. The molecule has 1 atom stereocenters. The van der Waals surface area contributed by atoms with E-state index in [9.17, 15) is 18.0 Å². The molecule has 1 aromatic rings. The number of amides is 1. The molecule has 0 saturated carbocycles. The van der Waals surface area contributed by atoms with E-state index in [4.69, 9.17) is 5.73 Å². The Morgan fingerprint density at radius 1 is 1.39 bits per heavy atom. The Hall–Kier alpha value is -1.64. The molecule has 1 aliphatic heterocycles. The third-order valence-electron chi connectivity index (χ3n) is 2.71. The van der Waals surface area contributed by atoms with Gasteiger partial charge in [-0.1, -0.05) is 0 Å². The normalized spacial score (nSPS) is 17.5. The summed E-state index contributed by atoms with van der Waals surface area (Å²) in [4.78, 5) is 13.0. The third-order valence-corrected chi connectivity index (χ3v) is 2.71. The highest BCUT2D eigenvalue weighted by Crippen LogP contribution is 2.29. The van der Waals surface area contributed by atoms with Crippen molar-refractivity contribution < 1.29 is 18.0 Å². The SMILES string of the molecule is C[C@@H](N)C(=O)N1CCn2c(nnc2C(F)(F)F)C1. The summed E-state index contributed by atoms with van der Waals surface area (Å²) in [6.07, 6.45) is -4.53. The molecule has 0 aliphatic carbocycles. The minimum atomic E-state index is -4.53. The first-order valence-corrected chi connectivity index (χ1v) is 5.34. The minimum Gasteiger partial charge on any atom is -0.332 e. The number of nitrogens with two attached hydrogens (primary N) is 1. The number of alkyl halides is 3. The molecule has 0 fully saturated rings. The summed E-state index contributed by atoms with van der Waals surface area (Å²) >= 11 is 0. The van der Waals surface area contributed by atoms with Gasteiger partial charge in [-0.05, 0) is 6.92 Å². The van der Waals surface area contributed by atoms with Crippen molar-refractivity contribution in [2.24, 2.45) is 5.73 Å². The van der Waals surface area contributed by atoms with Crippen molar-refractivity contribution in [1.29, 1.82) is 0 Å². The van der Waals surface area contributed by atoms with Crippen molar-refractivity contribution in [2.75, 3.05) is 6.54 Å². The Balaban J connectivity index is 2.23. The second-order valence-corrected chi connectivity index (χ2v) is 4.14. The molecule has 9 heteroatoms. The predicted octanol–water partition coefficient (Wildman–Crippen LogP) is -0.0137. The van der Waals surface area contributed by atoms with E-state index in [1.807, 2.05) is 0 Å². The molecule has 0 bridgehead atoms. The lowest BCUT2D eigenvalue weighted by Gasteiger charge is -2.29. The third kappa shape index (κ3) is 2.17. The largest absolute Gasteiger partial charge is 0.451 e. The number of aromatic nitrogens is 3. The summed E-state index contributed by atoms with van der Waals surface area (Å²) in [6, 6.07) is -0.679. The molecule has 0 aromatic carbocycles. The van der Waals surface area contributed by atoms with Crippen molar-refractivity contribution in [2.45, 2.75) is 32.2 Å². The van der Waals surface area contributed by atoms with Crippen LogP contribution in [0.4, 0.5) is 13.2 Å². The zero-order chi connectivity index (χ0) is 13.5. The maximum absolute atomic E-state index is 12.6. The highest BCUT2D eigenvalue weighted by Gasteiger charge is 2.39. The van der Waals surface area contributed by atoms with Gasteiger partial charge in [-0.25, -0.2) is 0 Å². The molecular weight excluding hydrogens is 251 g/mol. The number of halogens is 3. The molecule has 2 heterocycles. The fourth-order valence-electron chi connectivity index (χ4n) is 1.84. The van der Waals surface area contributed by atoms with Gasteiger partial charge in [-0.15, -0.1) is 10.2 Å². The van der Waals surface area contributed by atoms with Crippen LogP contribution in [-0.2, 0) is 24.1 Å². The monoisotopic (exact) mass is 263 g/mol. The maximum Gasteiger partial charge on any atom is 0.451 e. The average molecular weight is 263 g/mol. The summed E-state index contributed by atoms with van der Waals surface area (Å²) in [6.45, 7) is 1.73. The Morgan fingerprint density at radius 3 is 2.61 bits per heavy atom. The van der Waals surface area contributed by atoms with Crippen molar-refractivity contribution in [3.8, 4) is 0 Å². The van der Waals surface area contributed by atoms with E-state index in [-0.39, 0.29) is 31.4 Å². The highest BCUT2D eigenvalue weighted by molar-refractivity contribution is 5.81. The van der Waals surface area contributed by atoms with Gasteiger partial charge in [0.25, 0.3) is 0 Å². The number of fused-ring (bicyclic) bond motifs is 1. The van der Waals surface area contributed by atoms with Gasteiger partial charge < -0.3 is 15.2 Å². The summed E-state index contributed by atoms with van der Waals surface area (Å²) < 4.78 is 38.7. The number of nitrogens with zero attached hydrogens (tertiary/aromatic N) is 4. The summed E-state index contributed by atoms with van der Waals surface area (Å²) in [7, 11) is 0. The molecule has 2 rings (SSSR count). The lowest BCUT2D eigenvalue weighted by molar-refractivity contribution is -0.148. The smallest absolute Gasteiger partial charge is 0.332 e. The highest BCUT2D eigenvalue weighted by atomic mass is 19.4. The molecule has 18 heavy (non-hydrogen) atoms. The van der Waals surface area contributed by atoms with Crippen LogP contribution in [0.15, 0.2) is 0 Å². The molecular formula is C9H12F3N5O. The second-order valence-electron chi connectivity index (χ2n) is 4.14. The van der Waals surface area contributed by atoms with E-state index in [1.54, 1.807) is 0 Å². The van der Waals surface area contributed by atoms with Gasteiger partial charge in [-0.3, -0.25) is 4.79 Å². The van der Waals surface area contributed by atoms with E-state index in [1.165, 1.54) is 11.8 Å². The Bertz CT molecular complexity index is 467. The van der Waals surface area contributed by atoms with Gasteiger partial charge in [0.1, 0.15) is 0 Å². The fraction of sp³-hybridized carbons (Fsp3) is 0.667. The standard InChI is InChI=1S/C9H12F3N5O/c1-5(13)7(18)16-2-3-17-6(4-16)14-15-8(17)9(10,11)12/h5H,2-4,13H2,1H3/t5-/m1/s1. The van der Waals surface area contributed by atoms with Crippen molar-refractivity contribution >= 4 is 5.91 Å². The van der Waals surface area contributed by atoms with Gasteiger partial charge in [0.15, 0.2) is 5.82 Å². The zero-order valence-electron chi connectivity index (χ0n) is 9.61. The molecule has 2 N–H and O–H groups in total. The Labute approximate surface area is 101 Å². The van der Waals surface area contributed by atoms with Crippen LogP contribution in [0, 0.1) is 0 Å². The van der Waals surface area contributed by atoms with Crippen molar-refractivity contribution in [1.82, 2.24) is 19.7 Å². The molecule has 0 unspecified atom stereocenters. The number of carbonyl (C=O) groups is 1. The second kappa shape index (κ2) is 4.23. The Morgan fingerprint density at radius 2 is 2.06 bits per heavy atom. The van der Waals surface area contributed by atoms with Crippen LogP contribution in [0.1, 0.15) is 18.6 Å². The predicted molar refractivity (Wildman–Crippen MR) is 54.1 cm³/mol. The molecule has 1 aliphatic rings. The van der Waals surface area contributed by atoms with Crippen LogP contribution in [0.5, 0.6) is 0 Å². The topological polar surface area (TPSA) is 77.0 Å². The first-order chi connectivity index (χ1) is 8.30. The molecule has 6 nitrogen and oxygen atoms in total. The van der Waals surface area contributed by atoms with Gasteiger partial charge in [0.05, 0.1) is 12.6 Å². The number of hydrogen-bond acceptors (Lipinski definition) is 4. The molecule has 1 amide bonds. The molecule has 0 spiro atoms. The van der Waals surface area contributed by atoms with Gasteiger partial charge >= 0.3 is 6.18 Å².